The van der Waals surface area contributed by atoms with E-state index in [2.05, 4.69) is 5.32 Å². The Hall–Kier alpha value is -4.00. The molecule has 0 unspecified atom stereocenters. The van der Waals surface area contributed by atoms with Crippen LogP contribution in [0, 0.1) is 0 Å². The smallest absolute Gasteiger partial charge is 0.351 e. The molecular weight excluding hydrogens is 427 g/mol. The van der Waals surface area contributed by atoms with Crippen molar-refractivity contribution in [3.8, 4) is 0 Å². The van der Waals surface area contributed by atoms with Crippen molar-refractivity contribution in [1.82, 2.24) is 9.13 Å². The van der Waals surface area contributed by atoms with E-state index < -0.39 is 11.7 Å². The van der Waals surface area contributed by atoms with E-state index in [-0.39, 0.29) is 5.91 Å². The van der Waals surface area contributed by atoms with Gasteiger partial charge in [0.15, 0.2) is 0 Å². The maximum Gasteiger partial charge on any atom is 0.416 e. The average molecular weight is 447 g/mol. The minimum Gasteiger partial charge on any atom is -0.351 e. The monoisotopic (exact) mass is 447 g/mol. The first-order chi connectivity index (χ1) is 15.8. The average Bonchev–Trinajstić information content (AvgIpc) is 3.34. The molecular formula is C26H20F3N3O. The van der Waals surface area contributed by atoms with Gasteiger partial charge in [-0.05, 0) is 54.1 Å². The van der Waals surface area contributed by atoms with E-state index in [4.69, 9.17) is 0 Å². The molecule has 0 aliphatic rings. The quantitative estimate of drug-likeness (QED) is 0.338. The first-order valence-corrected chi connectivity index (χ1v) is 10.4. The number of fused-ring (bicyclic) bond motifs is 2. The number of hydrogen-bond donors (Lipinski definition) is 1. The predicted octanol–water partition coefficient (Wildman–Crippen LogP) is 6.45. The number of hydrogen-bond acceptors (Lipinski definition) is 1. The molecule has 0 saturated carbocycles. The Bertz CT molecular complexity index is 1480. The number of rotatable bonds is 4. The molecule has 1 N–H and O–H groups in total. The number of aromatic nitrogens is 2. The van der Waals surface area contributed by atoms with Crippen LogP contribution >= 0.6 is 0 Å². The summed E-state index contributed by atoms with van der Waals surface area (Å²) in [5.74, 6) is -0.383. The minimum absolute atomic E-state index is 0.293. The van der Waals surface area contributed by atoms with E-state index in [1.54, 1.807) is 4.57 Å². The van der Waals surface area contributed by atoms with Gasteiger partial charge in [0, 0.05) is 47.3 Å². The zero-order valence-corrected chi connectivity index (χ0v) is 17.7. The molecule has 166 valence electrons. The highest BCUT2D eigenvalue weighted by Crippen LogP contribution is 2.33. The van der Waals surface area contributed by atoms with Crippen LogP contribution < -0.4 is 5.32 Å². The molecule has 1 amide bonds. The van der Waals surface area contributed by atoms with Crippen LogP contribution in [0.1, 0.15) is 21.6 Å². The molecule has 0 saturated heterocycles. The SMILES string of the molecule is Cn1ccc2cc(NC(=O)c3cc4cc(C(F)(F)F)ccc4n3Cc3ccccc3)ccc21. The molecule has 3 aromatic carbocycles. The number of aryl methyl sites for hydroxylation is 1. The number of amides is 1. The van der Waals surface area contributed by atoms with Crippen molar-refractivity contribution in [1.29, 1.82) is 0 Å². The van der Waals surface area contributed by atoms with Crippen LogP contribution in [0.4, 0.5) is 18.9 Å². The van der Waals surface area contributed by atoms with E-state index >= 15 is 0 Å². The summed E-state index contributed by atoms with van der Waals surface area (Å²) in [7, 11) is 1.94. The summed E-state index contributed by atoms with van der Waals surface area (Å²) in [6, 6.07) is 22.1. The lowest BCUT2D eigenvalue weighted by molar-refractivity contribution is -0.137. The molecule has 4 nitrogen and oxygen atoms in total. The van der Waals surface area contributed by atoms with Crippen LogP contribution in [0.15, 0.2) is 85.1 Å². The molecule has 0 aliphatic heterocycles. The lowest BCUT2D eigenvalue weighted by Gasteiger charge is -2.12. The Kier molecular flexibility index (Phi) is 4.96. The largest absolute Gasteiger partial charge is 0.416 e. The van der Waals surface area contributed by atoms with E-state index in [1.807, 2.05) is 72.4 Å². The number of anilines is 1. The Morgan fingerprint density at radius 1 is 0.879 bits per heavy atom. The fourth-order valence-electron chi connectivity index (χ4n) is 4.13. The molecule has 5 aromatic rings. The molecule has 33 heavy (non-hydrogen) atoms. The third-order valence-corrected chi connectivity index (χ3v) is 5.79. The van der Waals surface area contributed by atoms with Gasteiger partial charge >= 0.3 is 6.18 Å². The second kappa shape index (κ2) is 7.85. The zero-order valence-electron chi connectivity index (χ0n) is 17.7. The predicted molar refractivity (Wildman–Crippen MR) is 123 cm³/mol. The highest BCUT2D eigenvalue weighted by molar-refractivity contribution is 6.07. The standard InChI is InChI=1S/C26H20F3N3O/c1-31-12-11-18-14-21(8-10-22(18)31)30-25(33)24-15-19-13-20(26(27,28)29)7-9-23(19)32(24)16-17-5-3-2-4-6-17/h2-15H,16H2,1H3,(H,30,33). The molecule has 7 heteroatoms. The first-order valence-electron chi connectivity index (χ1n) is 10.4. The van der Waals surface area contributed by atoms with Gasteiger partial charge in [0.25, 0.3) is 5.91 Å². The second-order valence-corrected chi connectivity index (χ2v) is 8.03. The normalized spacial score (nSPS) is 11.9. The van der Waals surface area contributed by atoms with E-state index in [0.29, 0.717) is 28.8 Å². The van der Waals surface area contributed by atoms with Crippen LogP contribution in [-0.2, 0) is 19.8 Å². The summed E-state index contributed by atoms with van der Waals surface area (Å²) >= 11 is 0. The number of carbonyl (C=O) groups excluding carboxylic acids is 1. The van der Waals surface area contributed by atoms with Crippen molar-refractivity contribution in [2.45, 2.75) is 12.7 Å². The molecule has 2 aromatic heterocycles. The van der Waals surface area contributed by atoms with E-state index in [9.17, 15) is 18.0 Å². The summed E-state index contributed by atoms with van der Waals surface area (Å²) in [4.78, 5) is 13.3. The Morgan fingerprint density at radius 2 is 1.64 bits per heavy atom. The minimum atomic E-state index is -4.46. The van der Waals surface area contributed by atoms with Gasteiger partial charge < -0.3 is 14.5 Å². The van der Waals surface area contributed by atoms with Crippen LogP contribution in [0.3, 0.4) is 0 Å². The molecule has 5 rings (SSSR count). The van der Waals surface area contributed by atoms with Gasteiger partial charge in [0.1, 0.15) is 5.69 Å². The Labute approximate surface area is 187 Å². The third-order valence-electron chi connectivity index (χ3n) is 5.79. The van der Waals surface area contributed by atoms with Crippen molar-refractivity contribution in [2.24, 2.45) is 7.05 Å². The number of carbonyl (C=O) groups is 1. The van der Waals surface area contributed by atoms with Crippen LogP contribution in [-0.4, -0.2) is 15.0 Å². The van der Waals surface area contributed by atoms with E-state index in [0.717, 1.165) is 28.6 Å². The second-order valence-electron chi connectivity index (χ2n) is 8.03. The van der Waals surface area contributed by atoms with Crippen molar-refractivity contribution >= 4 is 33.4 Å². The molecule has 0 aliphatic carbocycles. The number of nitrogens with one attached hydrogen (secondary N) is 1. The van der Waals surface area contributed by atoms with Crippen molar-refractivity contribution < 1.29 is 18.0 Å². The number of alkyl halides is 3. The highest BCUT2D eigenvalue weighted by atomic mass is 19.4. The first kappa shape index (κ1) is 20.9. The van der Waals surface area contributed by atoms with Gasteiger partial charge in [0.2, 0.25) is 0 Å². The summed E-state index contributed by atoms with van der Waals surface area (Å²) in [5.41, 5.74) is 2.71. The van der Waals surface area contributed by atoms with E-state index in [1.165, 1.54) is 12.1 Å². The molecule has 0 bridgehead atoms. The topological polar surface area (TPSA) is 39.0 Å². The Balaban J connectivity index is 1.56. The highest BCUT2D eigenvalue weighted by Gasteiger charge is 2.31. The van der Waals surface area contributed by atoms with Gasteiger partial charge in [-0.3, -0.25) is 4.79 Å². The molecule has 0 spiro atoms. The fraction of sp³-hybridized carbons (Fsp3) is 0.115. The van der Waals surface area contributed by atoms with Gasteiger partial charge in [-0.15, -0.1) is 0 Å². The van der Waals surface area contributed by atoms with Crippen LogP contribution in [0.2, 0.25) is 0 Å². The van der Waals surface area contributed by atoms with Gasteiger partial charge in [-0.25, -0.2) is 0 Å². The summed E-state index contributed by atoms with van der Waals surface area (Å²) in [5, 5.41) is 4.25. The summed E-state index contributed by atoms with van der Waals surface area (Å²) < 4.78 is 43.5. The van der Waals surface area contributed by atoms with Crippen molar-refractivity contribution in [3.05, 3.63) is 102 Å². The van der Waals surface area contributed by atoms with Crippen LogP contribution in [0.5, 0.6) is 0 Å². The maximum absolute atomic E-state index is 13.3. The lowest BCUT2D eigenvalue weighted by atomic mass is 10.1. The Morgan fingerprint density at radius 3 is 2.39 bits per heavy atom. The summed E-state index contributed by atoms with van der Waals surface area (Å²) in [6.07, 6.45) is -2.52. The van der Waals surface area contributed by atoms with Crippen LogP contribution in [0.25, 0.3) is 21.8 Å². The maximum atomic E-state index is 13.3. The van der Waals surface area contributed by atoms with Gasteiger partial charge in [-0.2, -0.15) is 13.2 Å². The van der Waals surface area contributed by atoms with Crippen molar-refractivity contribution in [3.63, 3.8) is 0 Å². The van der Waals surface area contributed by atoms with Gasteiger partial charge in [-0.1, -0.05) is 30.3 Å². The molecule has 0 fully saturated rings. The van der Waals surface area contributed by atoms with Gasteiger partial charge in [0.05, 0.1) is 5.56 Å². The lowest BCUT2D eigenvalue weighted by Crippen LogP contribution is -2.17. The third kappa shape index (κ3) is 3.98. The zero-order chi connectivity index (χ0) is 23.2. The molecule has 0 radical (unpaired) electrons. The number of nitrogens with zero attached hydrogens (tertiary/aromatic N) is 2. The molecule has 0 atom stereocenters. The summed E-state index contributed by atoms with van der Waals surface area (Å²) in [6.45, 7) is 0.357. The van der Waals surface area contributed by atoms with Crippen molar-refractivity contribution in [2.75, 3.05) is 5.32 Å². The number of halogens is 3. The number of benzene rings is 3. The fourth-order valence-corrected chi connectivity index (χ4v) is 4.13. The molecule has 2 heterocycles.